The van der Waals surface area contributed by atoms with Gasteiger partial charge in [0.1, 0.15) is 5.69 Å². The first-order chi connectivity index (χ1) is 8.50. The molecule has 0 aromatic carbocycles. The zero-order valence-electron chi connectivity index (χ0n) is 11.3. The molecule has 1 aromatic rings. The van der Waals surface area contributed by atoms with Crippen LogP contribution in [0.5, 0.6) is 0 Å². The molecule has 0 fully saturated rings. The molecule has 0 atom stereocenters. The SMILES string of the molecule is Cc1nc(C(F)(F)F)ccc1C(=O)NCC(C)(C)N.Cl. The molecule has 20 heavy (non-hydrogen) atoms. The van der Waals surface area contributed by atoms with E-state index in [1.54, 1.807) is 13.8 Å². The van der Waals surface area contributed by atoms with Crippen LogP contribution >= 0.6 is 12.4 Å². The Labute approximate surface area is 121 Å². The number of nitrogens with one attached hydrogen (secondary N) is 1. The van der Waals surface area contributed by atoms with Crippen LogP contribution in [-0.2, 0) is 6.18 Å². The maximum Gasteiger partial charge on any atom is 0.433 e. The molecule has 0 radical (unpaired) electrons. The van der Waals surface area contributed by atoms with Crippen molar-refractivity contribution >= 4 is 18.3 Å². The quantitative estimate of drug-likeness (QED) is 0.900. The molecule has 1 aromatic heterocycles. The largest absolute Gasteiger partial charge is 0.433 e. The third-order valence-corrected chi connectivity index (χ3v) is 2.33. The molecule has 0 unspecified atom stereocenters. The lowest BCUT2D eigenvalue weighted by molar-refractivity contribution is -0.141. The minimum Gasteiger partial charge on any atom is -0.350 e. The van der Waals surface area contributed by atoms with Crippen LogP contribution in [0.2, 0.25) is 0 Å². The highest BCUT2D eigenvalue weighted by Crippen LogP contribution is 2.28. The van der Waals surface area contributed by atoms with Crippen molar-refractivity contribution in [3.63, 3.8) is 0 Å². The lowest BCUT2D eigenvalue weighted by Gasteiger charge is -2.19. The van der Waals surface area contributed by atoms with E-state index in [9.17, 15) is 18.0 Å². The van der Waals surface area contributed by atoms with E-state index in [1.165, 1.54) is 6.92 Å². The molecule has 0 aliphatic carbocycles. The molecule has 114 valence electrons. The number of alkyl halides is 3. The van der Waals surface area contributed by atoms with Gasteiger partial charge in [0.25, 0.3) is 5.91 Å². The van der Waals surface area contributed by atoms with Gasteiger partial charge in [-0.15, -0.1) is 12.4 Å². The third kappa shape index (κ3) is 5.34. The van der Waals surface area contributed by atoms with Crippen molar-refractivity contribution in [3.05, 3.63) is 29.1 Å². The topological polar surface area (TPSA) is 68.0 Å². The van der Waals surface area contributed by atoms with E-state index in [-0.39, 0.29) is 30.2 Å². The zero-order chi connectivity index (χ0) is 14.8. The fourth-order valence-electron chi connectivity index (χ4n) is 1.36. The molecule has 1 amide bonds. The van der Waals surface area contributed by atoms with Crippen LogP contribution < -0.4 is 11.1 Å². The number of carbonyl (C=O) groups is 1. The molecule has 0 saturated heterocycles. The summed E-state index contributed by atoms with van der Waals surface area (Å²) >= 11 is 0. The third-order valence-electron chi connectivity index (χ3n) is 2.33. The maximum absolute atomic E-state index is 12.4. The average molecular weight is 312 g/mol. The summed E-state index contributed by atoms with van der Waals surface area (Å²) in [4.78, 5) is 15.2. The molecule has 8 heteroatoms. The number of amides is 1. The van der Waals surface area contributed by atoms with E-state index >= 15 is 0 Å². The maximum atomic E-state index is 12.4. The van der Waals surface area contributed by atoms with Crippen molar-refractivity contribution in [2.24, 2.45) is 5.73 Å². The van der Waals surface area contributed by atoms with E-state index < -0.39 is 23.3 Å². The lowest BCUT2D eigenvalue weighted by atomic mass is 10.1. The number of hydrogen-bond acceptors (Lipinski definition) is 3. The Morgan fingerprint density at radius 3 is 2.30 bits per heavy atom. The van der Waals surface area contributed by atoms with Gasteiger partial charge >= 0.3 is 6.18 Å². The Hall–Kier alpha value is -1.34. The Morgan fingerprint density at radius 2 is 1.90 bits per heavy atom. The summed E-state index contributed by atoms with van der Waals surface area (Å²) in [5, 5.41) is 2.55. The van der Waals surface area contributed by atoms with Crippen LogP contribution in [0.4, 0.5) is 13.2 Å². The summed E-state index contributed by atoms with van der Waals surface area (Å²) in [5.74, 6) is -0.489. The monoisotopic (exact) mass is 311 g/mol. The van der Waals surface area contributed by atoms with Gasteiger partial charge in [0.15, 0.2) is 0 Å². The first-order valence-electron chi connectivity index (χ1n) is 5.62. The summed E-state index contributed by atoms with van der Waals surface area (Å²) < 4.78 is 37.3. The number of pyridine rings is 1. The number of nitrogens with zero attached hydrogens (tertiary/aromatic N) is 1. The second kappa shape index (κ2) is 6.41. The fraction of sp³-hybridized carbons (Fsp3) is 0.500. The summed E-state index contributed by atoms with van der Waals surface area (Å²) in [7, 11) is 0. The number of aromatic nitrogens is 1. The van der Waals surface area contributed by atoms with Crippen LogP contribution in [-0.4, -0.2) is 23.0 Å². The zero-order valence-corrected chi connectivity index (χ0v) is 12.2. The van der Waals surface area contributed by atoms with Gasteiger partial charge in [-0.3, -0.25) is 4.79 Å². The molecule has 0 aliphatic rings. The first kappa shape index (κ1) is 18.7. The second-order valence-electron chi connectivity index (χ2n) is 5.00. The molecule has 3 N–H and O–H groups in total. The Kier molecular flexibility index (Phi) is 5.98. The normalized spacial score (nSPS) is 11.8. The van der Waals surface area contributed by atoms with E-state index in [1.807, 2.05) is 0 Å². The highest BCUT2D eigenvalue weighted by Gasteiger charge is 2.33. The van der Waals surface area contributed by atoms with Crippen molar-refractivity contribution in [2.45, 2.75) is 32.5 Å². The van der Waals surface area contributed by atoms with Crippen molar-refractivity contribution in [3.8, 4) is 0 Å². The average Bonchev–Trinajstić information content (AvgIpc) is 2.23. The molecule has 1 heterocycles. The van der Waals surface area contributed by atoms with E-state index in [4.69, 9.17) is 5.73 Å². The molecule has 0 spiro atoms. The molecule has 1 rings (SSSR count). The molecular formula is C12H17ClF3N3O. The van der Waals surface area contributed by atoms with E-state index in [0.717, 1.165) is 12.1 Å². The van der Waals surface area contributed by atoms with Gasteiger partial charge < -0.3 is 11.1 Å². The Morgan fingerprint density at radius 1 is 1.35 bits per heavy atom. The minimum absolute atomic E-state index is 0. The van der Waals surface area contributed by atoms with Crippen LogP contribution in [0.3, 0.4) is 0 Å². The van der Waals surface area contributed by atoms with Crippen molar-refractivity contribution in [1.82, 2.24) is 10.3 Å². The molecule has 4 nitrogen and oxygen atoms in total. The van der Waals surface area contributed by atoms with Gasteiger partial charge in [0.2, 0.25) is 0 Å². The second-order valence-corrected chi connectivity index (χ2v) is 5.00. The molecular weight excluding hydrogens is 295 g/mol. The number of aryl methyl sites for hydroxylation is 1. The molecule has 0 bridgehead atoms. The number of carbonyl (C=O) groups excluding carboxylic acids is 1. The van der Waals surface area contributed by atoms with E-state index in [0.29, 0.717) is 0 Å². The lowest BCUT2D eigenvalue weighted by Crippen LogP contribution is -2.45. The Balaban J connectivity index is 0.00000361. The van der Waals surface area contributed by atoms with Crippen LogP contribution in [0, 0.1) is 6.92 Å². The molecule has 0 saturated carbocycles. The number of nitrogens with two attached hydrogens (primary N) is 1. The van der Waals surface area contributed by atoms with Gasteiger partial charge in [0.05, 0.1) is 11.3 Å². The smallest absolute Gasteiger partial charge is 0.350 e. The van der Waals surface area contributed by atoms with Gasteiger partial charge in [-0.1, -0.05) is 0 Å². The first-order valence-corrected chi connectivity index (χ1v) is 5.62. The predicted octanol–water partition coefficient (Wildman–Crippen LogP) is 2.30. The summed E-state index contributed by atoms with van der Waals surface area (Å²) in [6.45, 7) is 5.03. The van der Waals surface area contributed by atoms with Crippen molar-refractivity contribution in [1.29, 1.82) is 0 Å². The minimum atomic E-state index is -4.51. The van der Waals surface area contributed by atoms with Crippen LogP contribution in [0.1, 0.15) is 35.6 Å². The predicted molar refractivity (Wildman–Crippen MR) is 71.8 cm³/mol. The summed E-state index contributed by atoms with van der Waals surface area (Å²) in [6, 6.07) is 1.90. The highest BCUT2D eigenvalue weighted by atomic mass is 35.5. The van der Waals surface area contributed by atoms with Gasteiger partial charge in [-0.25, -0.2) is 4.98 Å². The van der Waals surface area contributed by atoms with Crippen LogP contribution in [0.25, 0.3) is 0 Å². The summed E-state index contributed by atoms with van der Waals surface area (Å²) in [5.41, 5.74) is 4.23. The number of rotatable bonds is 3. The van der Waals surface area contributed by atoms with Crippen LogP contribution in [0.15, 0.2) is 12.1 Å². The molecule has 0 aliphatic heterocycles. The van der Waals surface area contributed by atoms with Gasteiger partial charge in [0, 0.05) is 12.1 Å². The van der Waals surface area contributed by atoms with Gasteiger partial charge in [-0.2, -0.15) is 13.2 Å². The standard InChI is InChI=1S/C12H16F3N3O.ClH/c1-7-8(10(19)17-6-11(2,3)16)4-5-9(18-7)12(13,14)15;/h4-5H,6,16H2,1-3H3,(H,17,19);1H. The summed E-state index contributed by atoms with van der Waals surface area (Å²) in [6.07, 6.45) is -4.51. The van der Waals surface area contributed by atoms with E-state index in [2.05, 4.69) is 10.3 Å². The van der Waals surface area contributed by atoms with Gasteiger partial charge in [-0.05, 0) is 32.9 Å². The number of halogens is 4. The van der Waals surface area contributed by atoms with Crippen molar-refractivity contribution in [2.75, 3.05) is 6.54 Å². The highest BCUT2D eigenvalue weighted by molar-refractivity contribution is 5.95. The number of hydrogen-bond donors (Lipinski definition) is 2. The van der Waals surface area contributed by atoms with Crippen molar-refractivity contribution < 1.29 is 18.0 Å². The Bertz CT molecular complexity index is 484. The fourth-order valence-corrected chi connectivity index (χ4v) is 1.36.